The van der Waals surface area contributed by atoms with E-state index in [-0.39, 0.29) is 13.0 Å². The first-order chi connectivity index (χ1) is 7.16. The third kappa shape index (κ3) is 3.21. The second-order valence-corrected chi connectivity index (χ2v) is 4.31. The first kappa shape index (κ1) is 12.0. The van der Waals surface area contributed by atoms with Crippen molar-refractivity contribution >= 4 is 11.3 Å². The van der Waals surface area contributed by atoms with E-state index in [2.05, 4.69) is 10.0 Å². The summed E-state index contributed by atoms with van der Waals surface area (Å²) < 4.78 is 0. The van der Waals surface area contributed by atoms with E-state index < -0.39 is 12.2 Å². The Morgan fingerprint density at radius 1 is 1.60 bits per heavy atom. The molecule has 1 aromatic rings. The van der Waals surface area contributed by atoms with Crippen molar-refractivity contribution in [3.63, 3.8) is 0 Å². The van der Waals surface area contributed by atoms with Crippen LogP contribution in [-0.2, 0) is 0 Å². The summed E-state index contributed by atoms with van der Waals surface area (Å²) >= 11 is 1.53. The van der Waals surface area contributed by atoms with Crippen LogP contribution in [0.5, 0.6) is 0 Å². The van der Waals surface area contributed by atoms with Crippen molar-refractivity contribution in [3.8, 4) is 0 Å². The zero-order valence-electron chi connectivity index (χ0n) is 8.37. The zero-order chi connectivity index (χ0) is 11.3. The monoisotopic (exact) mass is 227 g/mol. The second-order valence-electron chi connectivity index (χ2n) is 3.19. The minimum absolute atomic E-state index is 0.192. The van der Waals surface area contributed by atoms with Crippen LogP contribution in [0.3, 0.4) is 0 Å². The third-order valence-corrected chi connectivity index (χ3v) is 3.03. The minimum Gasteiger partial charge on any atom is -0.390 e. The van der Waals surface area contributed by atoms with Gasteiger partial charge in [-0.25, -0.2) is 0 Å². The normalized spacial score (nSPS) is 14.3. The van der Waals surface area contributed by atoms with Gasteiger partial charge < -0.3 is 10.2 Å². The number of aryl methyl sites for hydroxylation is 1. The molecule has 0 spiro atoms. The van der Waals surface area contributed by atoms with E-state index in [1.54, 1.807) is 6.07 Å². The van der Waals surface area contributed by atoms with Gasteiger partial charge in [-0.05, 0) is 35.9 Å². The maximum atomic E-state index is 9.78. The molecule has 15 heavy (non-hydrogen) atoms. The molecule has 0 amide bonds. The van der Waals surface area contributed by atoms with Gasteiger partial charge in [-0.1, -0.05) is 5.11 Å². The zero-order valence-corrected chi connectivity index (χ0v) is 9.18. The molecule has 0 saturated heterocycles. The molecule has 1 heterocycles. The predicted octanol–water partition coefficient (Wildman–Crippen LogP) is 2.15. The van der Waals surface area contributed by atoms with Gasteiger partial charge in [-0.3, -0.25) is 0 Å². The Hall–Kier alpha value is -1.07. The van der Waals surface area contributed by atoms with E-state index in [1.165, 1.54) is 11.3 Å². The van der Waals surface area contributed by atoms with E-state index in [0.717, 1.165) is 10.4 Å². The smallest absolute Gasteiger partial charge is 0.106 e. The third-order valence-electron chi connectivity index (χ3n) is 2.17. The maximum Gasteiger partial charge on any atom is 0.106 e. The average Bonchev–Trinajstić information content (AvgIpc) is 2.63. The molecule has 0 fully saturated rings. The molecular weight excluding hydrogens is 214 g/mol. The number of azide groups is 1. The molecule has 2 unspecified atom stereocenters. The first-order valence-electron chi connectivity index (χ1n) is 4.57. The Balaban J connectivity index is 2.56. The molecule has 0 aromatic carbocycles. The summed E-state index contributed by atoms with van der Waals surface area (Å²) in [4.78, 5) is 3.57. The fourth-order valence-electron chi connectivity index (χ4n) is 1.30. The van der Waals surface area contributed by atoms with Crippen molar-refractivity contribution in [1.82, 2.24) is 0 Å². The van der Waals surface area contributed by atoms with Crippen molar-refractivity contribution in [2.45, 2.75) is 25.6 Å². The lowest BCUT2D eigenvalue weighted by molar-refractivity contribution is 0.0149. The molecular formula is C9H13N3O2S. The molecule has 82 valence electrons. The summed E-state index contributed by atoms with van der Waals surface area (Å²) in [7, 11) is 0. The fraction of sp³-hybridized carbons (Fsp3) is 0.556. The lowest BCUT2D eigenvalue weighted by atomic mass is 10.0. The largest absolute Gasteiger partial charge is 0.390 e. The highest BCUT2D eigenvalue weighted by Gasteiger charge is 2.19. The van der Waals surface area contributed by atoms with Crippen LogP contribution in [0.1, 0.15) is 23.0 Å². The van der Waals surface area contributed by atoms with Crippen LogP contribution in [0, 0.1) is 6.92 Å². The SMILES string of the molecule is Cc1sccc1C(O)C(O)CCN=[N+]=[N-]. The Kier molecular flexibility index (Phi) is 4.58. The molecule has 5 nitrogen and oxygen atoms in total. The number of aliphatic hydroxyl groups is 2. The summed E-state index contributed by atoms with van der Waals surface area (Å²) in [6, 6.07) is 1.79. The van der Waals surface area contributed by atoms with Gasteiger partial charge in [0.2, 0.25) is 0 Å². The Bertz CT molecular complexity index is 360. The fourth-order valence-corrected chi connectivity index (χ4v) is 2.05. The van der Waals surface area contributed by atoms with Crippen LogP contribution in [-0.4, -0.2) is 22.9 Å². The molecule has 0 aliphatic heterocycles. The van der Waals surface area contributed by atoms with Crippen molar-refractivity contribution in [2.75, 3.05) is 6.54 Å². The molecule has 6 heteroatoms. The van der Waals surface area contributed by atoms with Crippen LogP contribution in [0.2, 0.25) is 0 Å². The Morgan fingerprint density at radius 2 is 2.33 bits per heavy atom. The van der Waals surface area contributed by atoms with Crippen LogP contribution >= 0.6 is 11.3 Å². The number of hydrogen-bond donors (Lipinski definition) is 2. The topological polar surface area (TPSA) is 89.2 Å². The van der Waals surface area contributed by atoms with Crippen molar-refractivity contribution < 1.29 is 10.2 Å². The summed E-state index contributed by atoms with van der Waals surface area (Å²) in [6.45, 7) is 2.08. The van der Waals surface area contributed by atoms with Gasteiger partial charge in [-0.2, -0.15) is 0 Å². The summed E-state index contributed by atoms with van der Waals surface area (Å²) in [5.74, 6) is 0. The highest BCUT2D eigenvalue weighted by molar-refractivity contribution is 7.10. The highest BCUT2D eigenvalue weighted by Crippen LogP contribution is 2.25. The average molecular weight is 227 g/mol. The lowest BCUT2D eigenvalue weighted by Gasteiger charge is -2.16. The number of nitrogens with zero attached hydrogens (tertiary/aromatic N) is 3. The highest BCUT2D eigenvalue weighted by atomic mass is 32.1. The van der Waals surface area contributed by atoms with Crippen molar-refractivity contribution in [2.24, 2.45) is 5.11 Å². The number of thiophene rings is 1. The second kappa shape index (κ2) is 5.72. The predicted molar refractivity (Wildman–Crippen MR) is 58.7 cm³/mol. The molecule has 2 N–H and O–H groups in total. The first-order valence-corrected chi connectivity index (χ1v) is 5.45. The van der Waals surface area contributed by atoms with Gasteiger partial charge in [0.25, 0.3) is 0 Å². The van der Waals surface area contributed by atoms with Crippen molar-refractivity contribution in [3.05, 3.63) is 32.3 Å². The molecule has 1 rings (SSSR count). The van der Waals surface area contributed by atoms with Gasteiger partial charge in [0.05, 0.1) is 6.10 Å². The number of hydrogen-bond acceptors (Lipinski definition) is 4. The van der Waals surface area contributed by atoms with Crippen LogP contribution in [0.4, 0.5) is 0 Å². The summed E-state index contributed by atoms with van der Waals surface area (Å²) in [6.07, 6.45) is -1.52. The molecule has 0 bridgehead atoms. The van der Waals surface area contributed by atoms with Gasteiger partial charge in [0.1, 0.15) is 6.10 Å². The Labute approximate surface area is 91.6 Å². The van der Waals surface area contributed by atoms with Gasteiger partial charge in [-0.15, -0.1) is 11.3 Å². The van der Waals surface area contributed by atoms with Gasteiger partial charge in [0.15, 0.2) is 0 Å². The van der Waals surface area contributed by atoms with Crippen LogP contribution in [0.15, 0.2) is 16.6 Å². The van der Waals surface area contributed by atoms with E-state index >= 15 is 0 Å². The molecule has 1 aromatic heterocycles. The van der Waals surface area contributed by atoms with E-state index in [4.69, 9.17) is 5.53 Å². The van der Waals surface area contributed by atoms with Gasteiger partial charge in [0, 0.05) is 16.3 Å². The number of rotatable bonds is 5. The van der Waals surface area contributed by atoms with E-state index in [9.17, 15) is 10.2 Å². The standard InChI is InChI=1S/C9H13N3O2S/c1-6-7(3-5-15-6)9(14)8(13)2-4-11-12-10/h3,5,8-9,13-14H,2,4H2,1H3. The Morgan fingerprint density at radius 3 is 2.87 bits per heavy atom. The minimum atomic E-state index is -0.898. The van der Waals surface area contributed by atoms with Crippen LogP contribution < -0.4 is 0 Å². The summed E-state index contributed by atoms with van der Waals surface area (Å²) in [5, 5.41) is 24.6. The molecule has 0 aliphatic rings. The lowest BCUT2D eigenvalue weighted by Crippen LogP contribution is -2.19. The van der Waals surface area contributed by atoms with E-state index in [0.29, 0.717) is 0 Å². The maximum absolute atomic E-state index is 9.78. The number of aliphatic hydroxyl groups excluding tert-OH is 2. The van der Waals surface area contributed by atoms with Gasteiger partial charge >= 0.3 is 0 Å². The van der Waals surface area contributed by atoms with Crippen molar-refractivity contribution in [1.29, 1.82) is 0 Å². The molecule has 0 saturated carbocycles. The quantitative estimate of drug-likeness (QED) is 0.458. The molecule has 0 radical (unpaired) electrons. The summed E-state index contributed by atoms with van der Waals surface area (Å²) in [5.41, 5.74) is 8.81. The molecule has 0 aliphatic carbocycles. The van der Waals surface area contributed by atoms with E-state index in [1.807, 2.05) is 12.3 Å². The van der Waals surface area contributed by atoms with Crippen LogP contribution in [0.25, 0.3) is 10.4 Å². The molecule has 2 atom stereocenters.